The SMILES string of the molecule is CCOc1cc(OCC)cc(C(=O)N2C[C@H](O)C[C@H]2C(=O)NCc2ccc(-c3cnco3)cc2)c1. The molecule has 2 atom stereocenters. The molecule has 0 unspecified atom stereocenters. The van der Waals surface area contributed by atoms with Crippen LogP contribution in [0.15, 0.2) is 59.5 Å². The van der Waals surface area contributed by atoms with Gasteiger partial charge in [-0.3, -0.25) is 9.59 Å². The molecule has 0 spiro atoms. The van der Waals surface area contributed by atoms with Gasteiger partial charge in [-0.15, -0.1) is 0 Å². The maximum Gasteiger partial charge on any atom is 0.254 e. The minimum Gasteiger partial charge on any atom is -0.494 e. The molecule has 9 nitrogen and oxygen atoms in total. The van der Waals surface area contributed by atoms with E-state index in [9.17, 15) is 14.7 Å². The van der Waals surface area contributed by atoms with Gasteiger partial charge in [0.15, 0.2) is 12.2 Å². The highest BCUT2D eigenvalue weighted by atomic mass is 16.5. The summed E-state index contributed by atoms with van der Waals surface area (Å²) >= 11 is 0. The van der Waals surface area contributed by atoms with Gasteiger partial charge in [0.05, 0.1) is 25.5 Å². The van der Waals surface area contributed by atoms with Crippen LogP contribution < -0.4 is 14.8 Å². The molecule has 1 saturated heterocycles. The third kappa shape index (κ3) is 5.81. The first kappa shape index (κ1) is 24.3. The van der Waals surface area contributed by atoms with Crippen molar-refractivity contribution in [2.75, 3.05) is 19.8 Å². The van der Waals surface area contributed by atoms with Gasteiger partial charge in [0.25, 0.3) is 5.91 Å². The zero-order valence-corrected chi connectivity index (χ0v) is 19.8. The number of aliphatic hydroxyl groups is 1. The van der Waals surface area contributed by atoms with Gasteiger partial charge in [-0.25, -0.2) is 4.98 Å². The maximum absolute atomic E-state index is 13.4. The Labute approximate surface area is 203 Å². The van der Waals surface area contributed by atoms with Crippen LogP contribution in [0.4, 0.5) is 0 Å². The lowest BCUT2D eigenvalue weighted by atomic mass is 10.1. The molecule has 2 heterocycles. The summed E-state index contributed by atoms with van der Waals surface area (Å²) in [7, 11) is 0. The Hall–Kier alpha value is -3.85. The Kier molecular flexibility index (Phi) is 7.67. The average molecular weight is 480 g/mol. The number of nitrogens with one attached hydrogen (secondary N) is 1. The van der Waals surface area contributed by atoms with Crippen LogP contribution in [0.5, 0.6) is 11.5 Å². The lowest BCUT2D eigenvalue weighted by Crippen LogP contribution is -2.45. The van der Waals surface area contributed by atoms with Crippen molar-refractivity contribution in [3.63, 3.8) is 0 Å². The molecule has 1 aromatic heterocycles. The second-order valence-corrected chi connectivity index (χ2v) is 8.20. The fraction of sp³-hybridized carbons (Fsp3) is 0.346. The van der Waals surface area contributed by atoms with Gasteiger partial charge in [-0.1, -0.05) is 24.3 Å². The number of likely N-dealkylation sites (tertiary alicyclic amines) is 1. The molecular weight excluding hydrogens is 450 g/mol. The number of aliphatic hydroxyl groups excluding tert-OH is 1. The van der Waals surface area contributed by atoms with Crippen LogP contribution in [0.1, 0.15) is 36.2 Å². The standard InChI is InChI=1S/C26H29N3O6/c1-3-33-21-9-19(10-22(12-21)34-4-2)26(32)29-15-20(30)11-23(29)25(31)28-13-17-5-7-18(8-6-17)24-14-27-16-35-24/h5-10,12,14,16,20,23,30H,3-4,11,13,15H2,1-2H3,(H,28,31)/t20-,23+/m1/s1. The molecule has 9 heteroatoms. The predicted molar refractivity (Wildman–Crippen MR) is 128 cm³/mol. The average Bonchev–Trinajstić information content (AvgIpc) is 3.53. The molecule has 0 radical (unpaired) electrons. The van der Waals surface area contributed by atoms with Crippen LogP contribution in [-0.2, 0) is 11.3 Å². The smallest absolute Gasteiger partial charge is 0.254 e. The molecule has 0 bridgehead atoms. The van der Waals surface area contributed by atoms with E-state index < -0.39 is 12.1 Å². The number of hydrogen-bond acceptors (Lipinski definition) is 7. The molecule has 1 fully saturated rings. The Morgan fingerprint density at radius 2 is 1.80 bits per heavy atom. The molecule has 0 saturated carbocycles. The molecule has 184 valence electrons. The molecule has 4 rings (SSSR count). The van der Waals surface area contributed by atoms with Crippen LogP contribution in [0.2, 0.25) is 0 Å². The minimum atomic E-state index is -0.780. The van der Waals surface area contributed by atoms with Gasteiger partial charge in [0.2, 0.25) is 5.91 Å². The first-order chi connectivity index (χ1) is 17.0. The fourth-order valence-corrected chi connectivity index (χ4v) is 4.10. The number of nitrogens with zero attached hydrogens (tertiary/aromatic N) is 2. The summed E-state index contributed by atoms with van der Waals surface area (Å²) < 4.78 is 16.4. The monoisotopic (exact) mass is 479 g/mol. The van der Waals surface area contributed by atoms with Gasteiger partial charge in [0, 0.05) is 36.7 Å². The van der Waals surface area contributed by atoms with E-state index in [1.54, 1.807) is 24.4 Å². The van der Waals surface area contributed by atoms with Crippen LogP contribution >= 0.6 is 0 Å². The number of hydrogen-bond donors (Lipinski definition) is 2. The van der Waals surface area contributed by atoms with Gasteiger partial charge in [-0.2, -0.15) is 0 Å². The first-order valence-electron chi connectivity index (χ1n) is 11.6. The van der Waals surface area contributed by atoms with Crippen LogP contribution in [0, 0.1) is 0 Å². The maximum atomic E-state index is 13.4. The van der Waals surface area contributed by atoms with Crippen molar-refractivity contribution in [3.8, 4) is 22.8 Å². The molecule has 1 aliphatic rings. The molecule has 2 aromatic carbocycles. The lowest BCUT2D eigenvalue weighted by Gasteiger charge is -2.24. The largest absolute Gasteiger partial charge is 0.494 e. The van der Waals surface area contributed by atoms with Crippen molar-refractivity contribution < 1.29 is 28.6 Å². The summed E-state index contributed by atoms with van der Waals surface area (Å²) in [6.45, 7) is 4.96. The van der Waals surface area contributed by atoms with Gasteiger partial charge in [0.1, 0.15) is 17.5 Å². The highest BCUT2D eigenvalue weighted by Gasteiger charge is 2.39. The topological polar surface area (TPSA) is 114 Å². The summed E-state index contributed by atoms with van der Waals surface area (Å²) in [6.07, 6.45) is 2.40. The molecule has 0 aliphatic carbocycles. The zero-order valence-electron chi connectivity index (χ0n) is 19.8. The van der Waals surface area contributed by atoms with Crippen molar-refractivity contribution in [2.24, 2.45) is 0 Å². The zero-order chi connectivity index (χ0) is 24.8. The summed E-state index contributed by atoms with van der Waals surface area (Å²) in [5, 5.41) is 13.1. The Morgan fingerprint density at radius 1 is 1.11 bits per heavy atom. The van der Waals surface area contributed by atoms with E-state index in [2.05, 4.69) is 10.3 Å². The normalized spacial score (nSPS) is 17.3. The number of β-amino-alcohol motifs (C(OH)–C–C–N with tert-alkyl or cyclic N) is 1. The number of carbonyl (C=O) groups excluding carboxylic acids is 2. The number of aromatic nitrogens is 1. The summed E-state index contributed by atoms with van der Waals surface area (Å²) in [6, 6.07) is 11.8. The third-order valence-corrected chi connectivity index (χ3v) is 5.73. The van der Waals surface area contributed by atoms with E-state index in [4.69, 9.17) is 13.9 Å². The first-order valence-corrected chi connectivity index (χ1v) is 11.6. The number of amides is 2. The predicted octanol–water partition coefficient (Wildman–Crippen LogP) is 3.03. The Balaban J connectivity index is 1.44. The van der Waals surface area contributed by atoms with Crippen LogP contribution in [-0.4, -0.2) is 58.7 Å². The van der Waals surface area contributed by atoms with E-state index in [1.807, 2.05) is 38.1 Å². The van der Waals surface area contributed by atoms with E-state index in [1.165, 1.54) is 11.3 Å². The highest BCUT2D eigenvalue weighted by molar-refractivity contribution is 5.98. The van der Waals surface area contributed by atoms with Gasteiger partial charge in [-0.05, 0) is 31.5 Å². The lowest BCUT2D eigenvalue weighted by molar-refractivity contribution is -0.125. The van der Waals surface area contributed by atoms with Crippen molar-refractivity contribution in [1.29, 1.82) is 0 Å². The number of carbonyl (C=O) groups is 2. The van der Waals surface area contributed by atoms with E-state index in [0.717, 1.165) is 11.1 Å². The number of benzene rings is 2. The van der Waals surface area contributed by atoms with Crippen LogP contribution in [0.25, 0.3) is 11.3 Å². The van der Waals surface area contributed by atoms with Gasteiger partial charge < -0.3 is 29.2 Å². The number of rotatable bonds is 9. The highest BCUT2D eigenvalue weighted by Crippen LogP contribution is 2.27. The molecule has 2 amide bonds. The van der Waals surface area contributed by atoms with Crippen molar-refractivity contribution in [1.82, 2.24) is 15.2 Å². The fourth-order valence-electron chi connectivity index (χ4n) is 4.10. The van der Waals surface area contributed by atoms with E-state index in [-0.39, 0.29) is 24.8 Å². The number of oxazole rings is 1. The third-order valence-electron chi connectivity index (χ3n) is 5.73. The molecule has 35 heavy (non-hydrogen) atoms. The van der Waals surface area contributed by atoms with Crippen molar-refractivity contribution >= 4 is 11.8 Å². The van der Waals surface area contributed by atoms with E-state index >= 15 is 0 Å². The summed E-state index contributed by atoms with van der Waals surface area (Å²) in [5.74, 6) is 1.00. The molecule has 2 N–H and O–H groups in total. The second-order valence-electron chi connectivity index (χ2n) is 8.20. The second kappa shape index (κ2) is 11.1. The summed E-state index contributed by atoms with van der Waals surface area (Å²) in [4.78, 5) is 31.7. The quantitative estimate of drug-likeness (QED) is 0.485. The van der Waals surface area contributed by atoms with E-state index in [0.29, 0.717) is 42.6 Å². The Bertz CT molecular complexity index is 1120. The van der Waals surface area contributed by atoms with Crippen molar-refractivity contribution in [2.45, 2.75) is 39.0 Å². The molecule has 1 aliphatic heterocycles. The van der Waals surface area contributed by atoms with Gasteiger partial charge >= 0.3 is 0 Å². The Morgan fingerprint density at radius 3 is 2.40 bits per heavy atom. The van der Waals surface area contributed by atoms with Crippen LogP contribution in [0.3, 0.4) is 0 Å². The number of ether oxygens (including phenoxy) is 2. The van der Waals surface area contributed by atoms with Crippen molar-refractivity contribution in [3.05, 3.63) is 66.2 Å². The molecular formula is C26H29N3O6. The minimum absolute atomic E-state index is 0.0750. The summed E-state index contributed by atoms with van der Waals surface area (Å²) in [5.41, 5.74) is 2.12. The molecule has 3 aromatic rings.